The number of carbonyl (C=O) groups excluding carboxylic acids is 1. The molecule has 0 bridgehead atoms. The third kappa shape index (κ3) is 3.33. The Morgan fingerprint density at radius 3 is 2.84 bits per heavy atom. The van der Waals surface area contributed by atoms with Crippen molar-refractivity contribution in [1.29, 1.82) is 0 Å². The summed E-state index contributed by atoms with van der Waals surface area (Å²) in [5.74, 6) is 1.06. The van der Waals surface area contributed by atoms with Crippen molar-refractivity contribution in [2.24, 2.45) is 5.73 Å². The van der Waals surface area contributed by atoms with Gasteiger partial charge in [0.2, 0.25) is 5.88 Å². The second-order valence-electron chi connectivity index (χ2n) is 6.20. The fourth-order valence-electron chi connectivity index (χ4n) is 3.33. The second kappa shape index (κ2) is 7.63. The number of amides is 1. The highest BCUT2D eigenvalue weighted by Crippen LogP contribution is 2.36. The average Bonchev–Trinajstić information content (AvgIpc) is 2.97. The summed E-state index contributed by atoms with van der Waals surface area (Å²) in [6.45, 7) is 3.48. The summed E-state index contributed by atoms with van der Waals surface area (Å²) in [6.07, 6.45) is 3.11. The number of likely N-dealkylation sites (tertiary alicyclic amines) is 1. The SMILES string of the molecule is COCc1nc(OC)c2c(C)c(C(=O)N3CCCCC3CN)sc2n1. The molecule has 136 valence electrons. The highest BCUT2D eigenvalue weighted by atomic mass is 32.1. The molecule has 0 saturated carbocycles. The molecule has 1 aliphatic heterocycles. The fraction of sp³-hybridized carbons (Fsp3) is 0.588. The maximum atomic E-state index is 13.1. The minimum Gasteiger partial charge on any atom is -0.480 e. The zero-order valence-corrected chi connectivity index (χ0v) is 15.7. The first-order chi connectivity index (χ1) is 12.1. The van der Waals surface area contributed by atoms with Crippen molar-refractivity contribution in [2.45, 2.75) is 38.8 Å². The number of methoxy groups -OCH3 is 2. The van der Waals surface area contributed by atoms with Gasteiger partial charge < -0.3 is 20.1 Å². The fourth-order valence-corrected chi connectivity index (χ4v) is 4.48. The summed E-state index contributed by atoms with van der Waals surface area (Å²) >= 11 is 1.39. The predicted octanol–water partition coefficient (Wildman–Crippen LogP) is 2.11. The molecule has 0 radical (unpaired) electrons. The molecule has 0 spiro atoms. The van der Waals surface area contributed by atoms with Crippen molar-refractivity contribution >= 4 is 27.5 Å². The molecule has 2 aromatic heterocycles. The van der Waals surface area contributed by atoms with E-state index in [0.29, 0.717) is 29.7 Å². The third-order valence-corrected chi connectivity index (χ3v) is 5.80. The van der Waals surface area contributed by atoms with Gasteiger partial charge in [-0.1, -0.05) is 0 Å². The van der Waals surface area contributed by atoms with E-state index in [1.807, 2.05) is 11.8 Å². The zero-order valence-electron chi connectivity index (χ0n) is 14.9. The van der Waals surface area contributed by atoms with Crippen LogP contribution < -0.4 is 10.5 Å². The number of aryl methyl sites for hydroxylation is 1. The van der Waals surface area contributed by atoms with Gasteiger partial charge in [0.15, 0.2) is 5.82 Å². The number of rotatable bonds is 5. The molecule has 1 amide bonds. The number of piperidine rings is 1. The molecular weight excluding hydrogens is 340 g/mol. The van der Waals surface area contributed by atoms with E-state index in [9.17, 15) is 4.79 Å². The number of hydrogen-bond acceptors (Lipinski definition) is 7. The number of thiophene rings is 1. The van der Waals surface area contributed by atoms with Crippen molar-refractivity contribution in [3.8, 4) is 5.88 Å². The minimum absolute atomic E-state index is 0.0333. The van der Waals surface area contributed by atoms with Crippen molar-refractivity contribution in [3.63, 3.8) is 0 Å². The number of aromatic nitrogens is 2. The van der Waals surface area contributed by atoms with Crippen LogP contribution in [0.1, 0.15) is 40.3 Å². The Kier molecular flexibility index (Phi) is 5.51. The van der Waals surface area contributed by atoms with Gasteiger partial charge in [-0.25, -0.2) is 4.98 Å². The summed E-state index contributed by atoms with van der Waals surface area (Å²) in [5, 5.41) is 0.803. The van der Waals surface area contributed by atoms with Gasteiger partial charge >= 0.3 is 0 Å². The molecule has 1 atom stereocenters. The van der Waals surface area contributed by atoms with Crippen LogP contribution in [0.3, 0.4) is 0 Å². The molecule has 2 aromatic rings. The third-order valence-electron chi connectivity index (χ3n) is 4.62. The van der Waals surface area contributed by atoms with E-state index in [1.54, 1.807) is 14.2 Å². The lowest BCUT2D eigenvalue weighted by atomic mass is 10.0. The van der Waals surface area contributed by atoms with E-state index in [4.69, 9.17) is 15.2 Å². The Hall–Kier alpha value is -1.77. The molecule has 1 saturated heterocycles. The van der Waals surface area contributed by atoms with Crippen LogP contribution in [0.4, 0.5) is 0 Å². The van der Waals surface area contributed by atoms with Gasteiger partial charge in [-0.3, -0.25) is 4.79 Å². The predicted molar refractivity (Wildman–Crippen MR) is 97.1 cm³/mol. The Bertz CT molecular complexity index is 777. The molecule has 0 aromatic carbocycles. The van der Waals surface area contributed by atoms with E-state index in [0.717, 1.165) is 41.6 Å². The average molecular weight is 364 g/mol. The Morgan fingerprint density at radius 1 is 1.36 bits per heavy atom. The second-order valence-corrected chi connectivity index (χ2v) is 7.20. The molecule has 1 unspecified atom stereocenters. The molecule has 8 heteroatoms. The summed E-state index contributed by atoms with van der Waals surface area (Å²) in [4.78, 5) is 25.4. The highest BCUT2D eigenvalue weighted by Gasteiger charge is 2.30. The monoisotopic (exact) mass is 364 g/mol. The first-order valence-electron chi connectivity index (χ1n) is 8.44. The number of nitrogens with two attached hydrogens (primary N) is 1. The summed E-state index contributed by atoms with van der Waals surface area (Å²) in [5.41, 5.74) is 6.74. The van der Waals surface area contributed by atoms with Crippen LogP contribution in [0.2, 0.25) is 0 Å². The van der Waals surface area contributed by atoms with Crippen LogP contribution >= 0.6 is 11.3 Å². The number of ether oxygens (including phenoxy) is 2. The smallest absolute Gasteiger partial charge is 0.264 e. The van der Waals surface area contributed by atoms with E-state index < -0.39 is 0 Å². The van der Waals surface area contributed by atoms with Gasteiger partial charge in [0.05, 0.1) is 17.4 Å². The van der Waals surface area contributed by atoms with E-state index in [-0.39, 0.29) is 11.9 Å². The molecule has 0 aliphatic carbocycles. The van der Waals surface area contributed by atoms with E-state index in [2.05, 4.69) is 9.97 Å². The standard InChI is InChI=1S/C17H24N4O3S/c1-10-13-15(24-3)19-12(9-23-2)20-16(13)25-14(10)17(22)21-7-5-4-6-11(21)8-18/h11H,4-9,18H2,1-3H3. The summed E-state index contributed by atoms with van der Waals surface area (Å²) < 4.78 is 10.6. The first-order valence-corrected chi connectivity index (χ1v) is 9.26. The van der Waals surface area contributed by atoms with Crippen LogP contribution in [0.25, 0.3) is 10.2 Å². The number of nitrogens with zero attached hydrogens (tertiary/aromatic N) is 3. The molecular formula is C17H24N4O3S. The van der Waals surface area contributed by atoms with Gasteiger partial charge in [-0.05, 0) is 31.7 Å². The largest absolute Gasteiger partial charge is 0.480 e. The van der Waals surface area contributed by atoms with Crippen LogP contribution in [0.15, 0.2) is 0 Å². The first kappa shape index (κ1) is 18.0. The lowest BCUT2D eigenvalue weighted by Crippen LogP contribution is -2.47. The minimum atomic E-state index is 0.0333. The number of hydrogen-bond donors (Lipinski definition) is 1. The van der Waals surface area contributed by atoms with Gasteiger partial charge in [0.25, 0.3) is 5.91 Å². The molecule has 1 aliphatic rings. The lowest BCUT2D eigenvalue weighted by molar-refractivity contribution is 0.0628. The van der Waals surface area contributed by atoms with Crippen LogP contribution in [0, 0.1) is 6.92 Å². The van der Waals surface area contributed by atoms with Gasteiger partial charge in [-0.2, -0.15) is 4.98 Å². The topological polar surface area (TPSA) is 90.6 Å². The summed E-state index contributed by atoms with van der Waals surface area (Å²) in [6, 6.07) is 0.114. The molecule has 25 heavy (non-hydrogen) atoms. The zero-order chi connectivity index (χ0) is 18.0. The number of carbonyl (C=O) groups is 1. The normalized spacial score (nSPS) is 17.9. The van der Waals surface area contributed by atoms with Crippen LogP contribution in [-0.4, -0.2) is 54.1 Å². The van der Waals surface area contributed by atoms with Gasteiger partial charge in [0.1, 0.15) is 11.4 Å². The van der Waals surface area contributed by atoms with Gasteiger partial charge in [-0.15, -0.1) is 11.3 Å². The molecule has 3 rings (SSSR count). The quantitative estimate of drug-likeness (QED) is 0.874. The Balaban J connectivity index is 2.04. The maximum Gasteiger partial charge on any atom is 0.264 e. The van der Waals surface area contributed by atoms with Crippen LogP contribution in [0.5, 0.6) is 5.88 Å². The Morgan fingerprint density at radius 2 is 2.16 bits per heavy atom. The molecule has 7 nitrogen and oxygen atoms in total. The lowest BCUT2D eigenvalue weighted by Gasteiger charge is -2.34. The van der Waals surface area contributed by atoms with Gasteiger partial charge in [0, 0.05) is 26.2 Å². The van der Waals surface area contributed by atoms with E-state index >= 15 is 0 Å². The van der Waals surface area contributed by atoms with Crippen molar-refractivity contribution in [2.75, 3.05) is 27.3 Å². The summed E-state index contributed by atoms with van der Waals surface area (Å²) in [7, 11) is 3.17. The Labute approximate surface area is 151 Å². The van der Waals surface area contributed by atoms with Crippen molar-refractivity contribution in [3.05, 3.63) is 16.3 Å². The van der Waals surface area contributed by atoms with Crippen molar-refractivity contribution in [1.82, 2.24) is 14.9 Å². The van der Waals surface area contributed by atoms with Crippen LogP contribution in [-0.2, 0) is 11.3 Å². The van der Waals surface area contributed by atoms with E-state index in [1.165, 1.54) is 11.3 Å². The van der Waals surface area contributed by atoms with Crippen molar-refractivity contribution < 1.29 is 14.3 Å². The molecule has 1 fully saturated rings. The maximum absolute atomic E-state index is 13.1. The molecule has 3 heterocycles. The number of fused-ring (bicyclic) bond motifs is 1. The molecule has 2 N–H and O–H groups in total. The highest BCUT2D eigenvalue weighted by molar-refractivity contribution is 7.20.